The third kappa shape index (κ3) is 17.7. The van der Waals surface area contributed by atoms with Gasteiger partial charge < -0.3 is 4.74 Å². The number of aryl methyl sites for hydroxylation is 1. The summed E-state index contributed by atoms with van der Waals surface area (Å²) in [5, 5.41) is 0. The van der Waals surface area contributed by atoms with Crippen LogP contribution < -0.4 is 10.4 Å². The number of hydrogen-bond donors (Lipinski definition) is 1. The average Bonchev–Trinajstić information content (AvgIpc) is 2.79. The first kappa shape index (κ1) is 29.6. The highest BCUT2D eigenvalue weighted by molar-refractivity contribution is 4.93. The van der Waals surface area contributed by atoms with E-state index in [1.165, 1.54) is 128 Å². The van der Waals surface area contributed by atoms with Gasteiger partial charge in [-0.2, -0.15) is 4.98 Å². The van der Waals surface area contributed by atoms with Gasteiger partial charge >= 0.3 is 11.7 Å². The Morgan fingerprint density at radius 1 is 0.667 bits per heavy atom. The van der Waals surface area contributed by atoms with Gasteiger partial charge in [0.2, 0.25) is 0 Å². The Morgan fingerprint density at radius 2 is 1.09 bits per heavy atom. The van der Waals surface area contributed by atoms with E-state index in [0.717, 1.165) is 0 Å². The van der Waals surface area contributed by atoms with E-state index >= 15 is 0 Å². The number of aromatic amines is 1. The summed E-state index contributed by atoms with van der Waals surface area (Å²) in [6, 6.07) is 0.222. The molecule has 1 rings (SSSR count). The summed E-state index contributed by atoms with van der Waals surface area (Å²) in [6.45, 7) is 6.93. The quantitative estimate of drug-likeness (QED) is 0.166. The van der Waals surface area contributed by atoms with Gasteiger partial charge in [-0.05, 0) is 25.7 Å². The molecule has 0 aliphatic carbocycles. The first-order valence-corrected chi connectivity index (χ1v) is 14.2. The Morgan fingerprint density at radius 3 is 1.52 bits per heavy atom. The van der Waals surface area contributed by atoms with Crippen LogP contribution in [-0.4, -0.2) is 21.6 Å². The normalized spacial score (nSPS) is 12.2. The molecule has 1 heterocycles. The molecule has 0 amide bonds. The van der Waals surface area contributed by atoms with Crippen LogP contribution in [0.15, 0.2) is 4.79 Å². The number of nitrogens with one attached hydrogen (secondary N) is 1. The van der Waals surface area contributed by atoms with E-state index in [-0.39, 0.29) is 11.7 Å². The molecule has 1 N–H and O–H groups in total. The molecule has 33 heavy (non-hydrogen) atoms. The molecule has 0 fully saturated rings. The molecule has 5 heteroatoms. The third-order valence-electron chi connectivity index (χ3n) is 6.63. The van der Waals surface area contributed by atoms with E-state index in [1.54, 1.807) is 6.92 Å². The van der Waals surface area contributed by atoms with Crippen LogP contribution in [0.25, 0.3) is 0 Å². The fraction of sp³-hybridized carbons (Fsp3) is 0.893. The number of aromatic nitrogens is 3. The second-order valence-corrected chi connectivity index (χ2v) is 9.93. The second kappa shape index (κ2) is 21.2. The summed E-state index contributed by atoms with van der Waals surface area (Å²) in [7, 11) is 0. The van der Waals surface area contributed by atoms with E-state index < -0.39 is 0 Å². The third-order valence-corrected chi connectivity index (χ3v) is 6.63. The highest BCUT2D eigenvalue weighted by Gasteiger charge is 2.12. The fourth-order valence-corrected chi connectivity index (χ4v) is 4.52. The van der Waals surface area contributed by atoms with Gasteiger partial charge in [0.25, 0.3) is 0 Å². The predicted octanol–water partition coefficient (Wildman–Crippen LogP) is 8.31. The molecule has 5 nitrogen and oxygen atoms in total. The Balaban J connectivity index is 2.26. The van der Waals surface area contributed by atoms with E-state index in [9.17, 15) is 4.79 Å². The van der Waals surface area contributed by atoms with Gasteiger partial charge in [-0.25, -0.2) is 4.79 Å². The minimum atomic E-state index is -0.383. The molecular weight excluding hydrogens is 410 g/mol. The maximum absolute atomic E-state index is 11.6. The van der Waals surface area contributed by atoms with Crippen molar-refractivity contribution in [2.45, 2.75) is 149 Å². The molecule has 0 aromatic carbocycles. The van der Waals surface area contributed by atoms with Crippen molar-refractivity contribution in [3.63, 3.8) is 0 Å². The molecule has 0 bridgehead atoms. The monoisotopic (exact) mass is 463 g/mol. The Labute approximate surface area is 203 Å². The smallest absolute Gasteiger partial charge is 0.350 e. The largest absolute Gasteiger partial charge is 0.463 e. The van der Waals surface area contributed by atoms with Crippen LogP contribution in [0.5, 0.6) is 6.01 Å². The standard InChI is InChI=1S/C28H53N3O2/c1-4-6-8-10-12-14-15-17-19-21-23-26(22-20-18-16-13-11-9-7-5-2)24-33-28-30-25(3)29-27(32)31-28/h26H,4-24H2,1-3H3,(H,29,30,31,32). The van der Waals surface area contributed by atoms with Crippen molar-refractivity contribution in [3.05, 3.63) is 16.3 Å². The van der Waals surface area contributed by atoms with Gasteiger partial charge in [-0.3, -0.25) is 4.98 Å². The van der Waals surface area contributed by atoms with Crippen LogP contribution in [0, 0.1) is 12.8 Å². The van der Waals surface area contributed by atoms with Crippen molar-refractivity contribution in [1.82, 2.24) is 15.0 Å². The van der Waals surface area contributed by atoms with Gasteiger partial charge in [0.15, 0.2) is 0 Å². The first-order chi connectivity index (χ1) is 16.2. The minimum Gasteiger partial charge on any atom is -0.463 e. The van der Waals surface area contributed by atoms with Crippen molar-refractivity contribution in [2.24, 2.45) is 5.92 Å². The topological polar surface area (TPSA) is 67.9 Å². The lowest BCUT2D eigenvalue weighted by Crippen LogP contribution is -2.19. The zero-order valence-corrected chi connectivity index (χ0v) is 22.1. The number of H-pyrrole nitrogens is 1. The number of nitrogens with zero attached hydrogens (tertiary/aromatic N) is 2. The zero-order valence-electron chi connectivity index (χ0n) is 22.1. The fourth-order valence-electron chi connectivity index (χ4n) is 4.52. The van der Waals surface area contributed by atoms with Crippen LogP contribution >= 0.6 is 0 Å². The van der Waals surface area contributed by atoms with Gasteiger partial charge in [0, 0.05) is 0 Å². The Hall–Kier alpha value is -1.39. The Kier molecular flexibility index (Phi) is 19.0. The Bertz CT molecular complexity index is 617. The van der Waals surface area contributed by atoms with Gasteiger partial charge in [0.05, 0.1) is 6.61 Å². The summed E-state index contributed by atoms with van der Waals surface area (Å²) in [6.07, 6.45) is 26.9. The molecule has 0 spiro atoms. The van der Waals surface area contributed by atoms with Crippen molar-refractivity contribution in [1.29, 1.82) is 0 Å². The number of rotatable bonds is 23. The molecule has 1 unspecified atom stereocenters. The molecule has 0 saturated carbocycles. The van der Waals surface area contributed by atoms with Crippen molar-refractivity contribution in [3.8, 4) is 6.01 Å². The van der Waals surface area contributed by atoms with Crippen molar-refractivity contribution < 1.29 is 4.74 Å². The maximum atomic E-state index is 11.6. The lowest BCUT2D eigenvalue weighted by molar-refractivity contribution is 0.208. The maximum Gasteiger partial charge on any atom is 0.350 e. The van der Waals surface area contributed by atoms with Gasteiger partial charge in [0.1, 0.15) is 5.82 Å². The average molecular weight is 464 g/mol. The van der Waals surface area contributed by atoms with E-state index in [1.807, 2.05) is 0 Å². The first-order valence-electron chi connectivity index (χ1n) is 14.2. The van der Waals surface area contributed by atoms with Gasteiger partial charge in [-0.1, -0.05) is 129 Å². The van der Waals surface area contributed by atoms with Crippen LogP contribution in [0.2, 0.25) is 0 Å². The molecule has 1 atom stereocenters. The highest BCUT2D eigenvalue weighted by atomic mass is 16.5. The summed E-state index contributed by atoms with van der Waals surface area (Å²) in [4.78, 5) is 22.2. The molecule has 192 valence electrons. The number of ether oxygens (including phenoxy) is 1. The number of hydrogen-bond acceptors (Lipinski definition) is 4. The molecule has 0 aliphatic rings. The zero-order chi connectivity index (χ0) is 24.0. The van der Waals surface area contributed by atoms with Crippen LogP contribution in [0.3, 0.4) is 0 Å². The van der Waals surface area contributed by atoms with Crippen LogP contribution in [0.1, 0.15) is 148 Å². The summed E-state index contributed by atoms with van der Waals surface area (Å²) in [5.41, 5.74) is -0.383. The molecule has 0 saturated heterocycles. The highest BCUT2D eigenvalue weighted by Crippen LogP contribution is 2.20. The van der Waals surface area contributed by atoms with Crippen LogP contribution in [-0.2, 0) is 0 Å². The van der Waals surface area contributed by atoms with E-state index in [0.29, 0.717) is 18.3 Å². The predicted molar refractivity (Wildman–Crippen MR) is 140 cm³/mol. The summed E-state index contributed by atoms with van der Waals surface area (Å²) >= 11 is 0. The van der Waals surface area contributed by atoms with Crippen molar-refractivity contribution >= 4 is 0 Å². The molecule has 0 aliphatic heterocycles. The molecule has 1 aromatic rings. The molecular formula is C28H53N3O2. The lowest BCUT2D eigenvalue weighted by atomic mass is 9.94. The summed E-state index contributed by atoms with van der Waals surface area (Å²) < 4.78 is 5.85. The molecule has 0 radical (unpaired) electrons. The minimum absolute atomic E-state index is 0.222. The van der Waals surface area contributed by atoms with E-state index in [2.05, 4.69) is 28.8 Å². The summed E-state index contributed by atoms with van der Waals surface area (Å²) in [5.74, 6) is 1.08. The second-order valence-electron chi connectivity index (χ2n) is 9.93. The van der Waals surface area contributed by atoms with Crippen LogP contribution in [0.4, 0.5) is 0 Å². The van der Waals surface area contributed by atoms with E-state index in [4.69, 9.17) is 4.74 Å². The SMILES string of the molecule is CCCCCCCCCCCCC(CCCCCCCCCC)COc1nc(C)[nH]c(=O)n1. The number of unbranched alkanes of at least 4 members (excludes halogenated alkanes) is 16. The molecule has 1 aromatic heterocycles. The lowest BCUT2D eigenvalue weighted by Gasteiger charge is -2.17. The van der Waals surface area contributed by atoms with Crippen molar-refractivity contribution in [2.75, 3.05) is 6.61 Å². The van der Waals surface area contributed by atoms with Gasteiger partial charge in [-0.15, -0.1) is 4.98 Å².